The lowest BCUT2D eigenvalue weighted by atomic mass is 10.1. The van der Waals surface area contributed by atoms with Gasteiger partial charge in [-0.15, -0.1) is 0 Å². The highest BCUT2D eigenvalue weighted by molar-refractivity contribution is 6.03. The highest BCUT2D eigenvalue weighted by Crippen LogP contribution is 2.16. The van der Waals surface area contributed by atoms with Crippen LogP contribution in [0.4, 0.5) is 17.2 Å². The van der Waals surface area contributed by atoms with Crippen molar-refractivity contribution in [2.24, 2.45) is 0 Å². The first-order valence-corrected chi connectivity index (χ1v) is 9.30. The Labute approximate surface area is 165 Å². The van der Waals surface area contributed by atoms with E-state index >= 15 is 0 Å². The molecule has 0 aliphatic heterocycles. The Morgan fingerprint density at radius 3 is 2.46 bits per heavy atom. The van der Waals surface area contributed by atoms with Crippen LogP contribution in [0.25, 0.3) is 0 Å². The molecule has 0 unspecified atom stereocenters. The first-order chi connectivity index (χ1) is 13.6. The van der Waals surface area contributed by atoms with Crippen LogP contribution in [0.15, 0.2) is 67.0 Å². The summed E-state index contributed by atoms with van der Waals surface area (Å²) < 4.78 is 0. The number of aryl methyl sites for hydroxylation is 1. The number of aromatic nitrogens is 2. The number of hydrogen-bond donors (Lipinski definition) is 2. The van der Waals surface area contributed by atoms with Crippen LogP contribution < -0.4 is 15.5 Å². The van der Waals surface area contributed by atoms with Crippen molar-refractivity contribution in [3.8, 4) is 0 Å². The lowest BCUT2D eigenvalue weighted by Gasteiger charge is -2.13. The number of carbonyl (C=O) groups is 1. The van der Waals surface area contributed by atoms with E-state index in [0.29, 0.717) is 11.5 Å². The second-order valence-electron chi connectivity index (χ2n) is 6.70. The van der Waals surface area contributed by atoms with Crippen LogP contribution >= 0.6 is 0 Å². The molecule has 1 amide bonds. The van der Waals surface area contributed by atoms with E-state index in [9.17, 15) is 4.79 Å². The van der Waals surface area contributed by atoms with E-state index < -0.39 is 0 Å². The molecule has 2 aromatic carbocycles. The molecule has 6 nitrogen and oxygen atoms in total. The molecule has 3 aromatic rings. The van der Waals surface area contributed by atoms with Crippen molar-refractivity contribution in [2.45, 2.75) is 12.8 Å². The minimum Gasteiger partial charge on any atom is -0.378 e. The van der Waals surface area contributed by atoms with Gasteiger partial charge < -0.3 is 15.5 Å². The van der Waals surface area contributed by atoms with Gasteiger partial charge >= 0.3 is 0 Å². The summed E-state index contributed by atoms with van der Waals surface area (Å²) in [7, 11) is 3.95. The topological polar surface area (TPSA) is 70.2 Å². The molecule has 3 rings (SSSR count). The first kappa shape index (κ1) is 19.4. The van der Waals surface area contributed by atoms with Crippen molar-refractivity contribution in [1.82, 2.24) is 9.97 Å². The predicted molar refractivity (Wildman–Crippen MR) is 114 cm³/mol. The maximum atomic E-state index is 12.5. The Bertz CT molecular complexity index is 894. The highest BCUT2D eigenvalue weighted by atomic mass is 16.1. The van der Waals surface area contributed by atoms with Crippen LogP contribution in [0, 0.1) is 0 Å². The van der Waals surface area contributed by atoms with Gasteiger partial charge in [0.2, 0.25) is 0 Å². The van der Waals surface area contributed by atoms with Crippen LogP contribution in [0.1, 0.15) is 22.5 Å². The molecule has 0 atom stereocenters. The number of benzene rings is 2. The predicted octanol–water partition coefficient (Wildman–Crippen LogP) is 3.84. The van der Waals surface area contributed by atoms with Crippen LogP contribution in [-0.4, -0.2) is 36.5 Å². The molecule has 0 spiro atoms. The molecule has 6 heteroatoms. The van der Waals surface area contributed by atoms with E-state index in [-0.39, 0.29) is 5.91 Å². The summed E-state index contributed by atoms with van der Waals surface area (Å²) in [6.45, 7) is 0.777. The van der Waals surface area contributed by atoms with E-state index in [1.54, 1.807) is 6.07 Å². The molecule has 1 aromatic heterocycles. The molecule has 144 valence electrons. The number of anilines is 3. The molecule has 1 heterocycles. The fourth-order valence-electron chi connectivity index (χ4n) is 2.77. The summed E-state index contributed by atoms with van der Waals surface area (Å²) in [4.78, 5) is 22.7. The number of amides is 1. The first-order valence-electron chi connectivity index (χ1n) is 9.30. The molecular formula is C22H25N5O. The fourth-order valence-corrected chi connectivity index (χ4v) is 2.77. The van der Waals surface area contributed by atoms with E-state index in [2.05, 4.69) is 32.7 Å². The van der Waals surface area contributed by atoms with Gasteiger partial charge in [0.1, 0.15) is 17.8 Å². The van der Waals surface area contributed by atoms with Crippen molar-refractivity contribution >= 4 is 23.1 Å². The highest BCUT2D eigenvalue weighted by Gasteiger charge is 2.09. The smallest absolute Gasteiger partial charge is 0.274 e. The average Bonchev–Trinajstić information content (AvgIpc) is 2.72. The molecule has 0 saturated heterocycles. The third-order valence-electron chi connectivity index (χ3n) is 4.33. The Balaban J connectivity index is 1.52. The molecule has 0 radical (unpaired) electrons. The molecule has 0 bridgehead atoms. The summed E-state index contributed by atoms with van der Waals surface area (Å²) in [6.07, 6.45) is 3.38. The van der Waals surface area contributed by atoms with Crippen molar-refractivity contribution in [3.05, 3.63) is 78.2 Å². The number of nitrogens with one attached hydrogen (secondary N) is 2. The lowest BCUT2D eigenvalue weighted by molar-refractivity contribution is 0.102. The van der Waals surface area contributed by atoms with Gasteiger partial charge in [-0.3, -0.25) is 4.79 Å². The minimum atomic E-state index is -0.257. The minimum absolute atomic E-state index is 0.257. The molecule has 28 heavy (non-hydrogen) atoms. The van der Waals surface area contributed by atoms with Gasteiger partial charge in [-0.05, 0) is 42.7 Å². The zero-order valence-electron chi connectivity index (χ0n) is 16.2. The monoisotopic (exact) mass is 375 g/mol. The van der Waals surface area contributed by atoms with Crippen molar-refractivity contribution in [3.63, 3.8) is 0 Å². The van der Waals surface area contributed by atoms with Gasteiger partial charge in [-0.1, -0.05) is 30.3 Å². The second kappa shape index (κ2) is 9.50. The standard InChI is InChI=1S/C22H25N5O/c1-27(2)19-12-10-18(11-13-19)26-22(28)20-15-21(25-16-24-20)23-14-6-9-17-7-4-3-5-8-17/h3-5,7-8,10-13,15-16H,6,9,14H2,1-2H3,(H,26,28)(H,23,24,25). The summed E-state index contributed by atoms with van der Waals surface area (Å²) in [5.41, 5.74) is 3.44. The molecular weight excluding hydrogens is 350 g/mol. The molecule has 0 fully saturated rings. The Hall–Kier alpha value is -3.41. The summed E-state index contributed by atoms with van der Waals surface area (Å²) in [5.74, 6) is 0.392. The number of hydrogen-bond acceptors (Lipinski definition) is 5. The number of carbonyl (C=O) groups excluding carboxylic acids is 1. The van der Waals surface area contributed by atoms with Crippen molar-refractivity contribution < 1.29 is 4.79 Å². The largest absolute Gasteiger partial charge is 0.378 e. The van der Waals surface area contributed by atoms with E-state index in [0.717, 1.165) is 30.8 Å². The van der Waals surface area contributed by atoms with Crippen LogP contribution in [0.2, 0.25) is 0 Å². The van der Waals surface area contributed by atoms with Crippen LogP contribution in [-0.2, 0) is 6.42 Å². The van der Waals surface area contributed by atoms with E-state index in [1.807, 2.05) is 61.5 Å². The van der Waals surface area contributed by atoms with Gasteiger partial charge in [-0.2, -0.15) is 0 Å². The zero-order chi connectivity index (χ0) is 19.8. The Morgan fingerprint density at radius 1 is 1.00 bits per heavy atom. The van der Waals surface area contributed by atoms with E-state index in [1.165, 1.54) is 11.9 Å². The summed E-state index contributed by atoms with van der Waals surface area (Å²) in [5, 5.41) is 6.12. The third-order valence-corrected chi connectivity index (χ3v) is 4.33. The third kappa shape index (κ3) is 5.54. The quantitative estimate of drug-likeness (QED) is 0.586. The SMILES string of the molecule is CN(C)c1ccc(NC(=O)c2cc(NCCCc3ccccc3)ncn2)cc1. The van der Waals surface area contributed by atoms with Crippen LogP contribution in [0.5, 0.6) is 0 Å². The maximum Gasteiger partial charge on any atom is 0.274 e. The van der Waals surface area contributed by atoms with Gasteiger partial charge in [0.05, 0.1) is 0 Å². The second-order valence-corrected chi connectivity index (χ2v) is 6.70. The Kier molecular flexibility index (Phi) is 6.57. The Morgan fingerprint density at radius 2 is 1.75 bits per heavy atom. The van der Waals surface area contributed by atoms with Gasteiger partial charge in [-0.25, -0.2) is 9.97 Å². The van der Waals surface area contributed by atoms with E-state index in [4.69, 9.17) is 0 Å². The van der Waals surface area contributed by atoms with Gasteiger partial charge in [0.15, 0.2) is 0 Å². The lowest BCUT2D eigenvalue weighted by Crippen LogP contribution is -2.15. The zero-order valence-corrected chi connectivity index (χ0v) is 16.2. The fraction of sp³-hybridized carbons (Fsp3) is 0.227. The number of nitrogens with zero attached hydrogens (tertiary/aromatic N) is 3. The summed E-state index contributed by atoms with van der Waals surface area (Å²) in [6, 6.07) is 19.7. The molecule has 0 aliphatic rings. The van der Waals surface area contributed by atoms with Crippen molar-refractivity contribution in [2.75, 3.05) is 36.2 Å². The number of rotatable bonds is 8. The normalized spacial score (nSPS) is 10.4. The molecule has 2 N–H and O–H groups in total. The maximum absolute atomic E-state index is 12.5. The average molecular weight is 375 g/mol. The van der Waals surface area contributed by atoms with Crippen molar-refractivity contribution in [1.29, 1.82) is 0 Å². The summed E-state index contributed by atoms with van der Waals surface area (Å²) >= 11 is 0. The van der Waals surface area contributed by atoms with Gasteiger partial charge in [0, 0.05) is 38.1 Å². The van der Waals surface area contributed by atoms with Gasteiger partial charge in [0.25, 0.3) is 5.91 Å². The molecule has 0 aliphatic carbocycles. The van der Waals surface area contributed by atoms with Crippen LogP contribution in [0.3, 0.4) is 0 Å². The molecule has 0 saturated carbocycles.